The van der Waals surface area contributed by atoms with Crippen molar-refractivity contribution in [3.63, 3.8) is 0 Å². The fourth-order valence-corrected chi connectivity index (χ4v) is 5.72. The highest BCUT2D eigenvalue weighted by Crippen LogP contribution is 2.40. The molecule has 192 valence electrons. The van der Waals surface area contributed by atoms with Gasteiger partial charge in [-0.2, -0.15) is 9.36 Å². The number of β-lactam (4-membered cyclic amide) rings is 1. The van der Waals surface area contributed by atoms with E-state index in [1.54, 1.807) is 29.2 Å². The van der Waals surface area contributed by atoms with E-state index in [9.17, 15) is 23.9 Å². The number of hydrogen-bond donors (Lipinski definition) is 3. The number of nitrogen functional groups attached to an aromatic ring is 1. The van der Waals surface area contributed by atoms with Crippen LogP contribution in [0.3, 0.4) is 0 Å². The van der Waals surface area contributed by atoms with E-state index in [0.717, 1.165) is 17.2 Å². The number of imidazole rings is 1. The van der Waals surface area contributed by atoms with Crippen LogP contribution in [0.25, 0.3) is 5.65 Å². The van der Waals surface area contributed by atoms with Crippen molar-refractivity contribution < 1.29 is 33.3 Å². The maximum atomic E-state index is 13.0. The molecule has 2 atom stereocenters. The van der Waals surface area contributed by atoms with Crippen molar-refractivity contribution in [3.8, 4) is 0 Å². The van der Waals surface area contributed by atoms with Crippen LogP contribution in [0.1, 0.15) is 5.82 Å². The SMILES string of the molecule is Nc1nc(/C(=N/OCCF)C(=O)N[C@@H]2C(=O)N3C(C(=O)O)=C(C[n+]4ccn5ncccc54)CS[C@H]23)ns1. The zero-order valence-corrected chi connectivity index (χ0v) is 20.5. The number of halogens is 1. The molecule has 0 saturated carbocycles. The molecule has 2 aliphatic heterocycles. The van der Waals surface area contributed by atoms with E-state index in [1.807, 2.05) is 10.6 Å². The summed E-state index contributed by atoms with van der Waals surface area (Å²) in [7, 11) is 0. The summed E-state index contributed by atoms with van der Waals surface area (Å²) in [5.41, 5.74) is 6.37. The maximum absolute atomic E-state index is 13.0. The summed E-state index contributed by atoms with van der Waals surface area (Å²) in [5.74, 6) is -2.50. The third-order valence-corrected chi connectivity index (χ3v) is 7.41. The molecule has 5 heterocycles. The van der Waals surface area contributed by atoms with E-state index < -0.39 is 42.5 Å². The number of nitrogens with one attached hydrogen (secondary N) is 1. The molecule has 0 aliphatic carbocycles. The first-order valence-electron chi connectivity index (χ1n) is 10.8. The molecule has 3 aromatic heterocycles. The number of amides is 2. The zero-order chi connectivity index (χ0) is 26.1. The van der Waals surface area contributed by atoms with Crippen molar-refractivity contribution in [1.29, 1.82) is 0 Å². The second-order valence-corrected chi connectivity index (χ2v) is 9.68. The van der Waals surface area contributed by atoms with Gasteiger partial charge in [0.05, 0.1) is 6.20 Å². The molecule has 4 N–H and O–H groups in total. The number of nitrogens with zero attached hydrogens (tertiary/aromatic N) is 7. The van der Waals surface area contributed by atoms with Gasteiger partial charge in [0.2, 0.25) is 11.5 Å². The molecule has 0 unspecified atom stereocenters. The monoisotopic (exact) mass is 548 g/mol. The Labute approximate surface area is 215 Å². The smallest absolute Gasteiger partial charge is 0.352 e. The summed E-state index contributed by atoms with van der Waals surface area (Å²) >= 11 is 2.14. The summed E-state index contributed by atoms with van der Waals surface area (Å²) < 4.78 is 19.8. The van der Waals surface area contributed by atoms with Crippen LogP contribution < -0.4 is 15.6 Å². The van der Waals surface area contributed by atoms with Gasteiger partial charge in [-0.25, -0.2) is 13.8 Å². The highest BCUT2D eigenvalue weighted by molar-refractivity contribution is 8.00. The van der Waals surface area contributed by atoms with Crippen molar-refractivity contribution in [2.24, 2.45) is 5.16 Å². The Morgan fingerprint density at radius 1 is 1.43 bits per heavy atom. The van der Waals surface area contributed by atoms with Crippen LogP contribution in [0.4, 0.5) is 9.52 Å². The third-order valence-electron chi connectivity index (χ3n) is 5.53. The van der Waals surface area contributed by atoms with Gasteiger partial charge in [-0.15, -0.1) is 16.3 Å². The van der Waals surface area contributed by atoms with Crippen molar-refractivity contribution in [2.45, 2.75) is 18.0 Å². The van der Waals surface area contributed by atoms with Crippen molar-refractivity contribution in [3.05, 3.63) is 47.8 Å². The number of carbonyl (C=O) groups excluding carboxylic acids is 2. The number of hydrogen-bond acceptors (Lipinski definition) is 11. The lowest BCUT2D eigenvalue weighted by Gasteiger charge is -2.49. The van der Waals surface area contributed by atoms with Gasteiger partial charge in [0.15, 0.2) is 11.3 Å². The normalized spacial score (nSPS) is 19.5. The van der Waals surface area contributed by atoms with E-state index in [1.165, 1.54) is 16.7 Å². The number of carbonyl (C=O) groups is 3. The van der Waals surface area contributed by atoms with Gasteiger partial charge >= 0.3 is 11.6 Å². The quantitative estimate of drug-likeness (QED) is 0.101. The summed E-state index contributed by atoms with van der Waals surface area (Å²) in [6.45, 7) is -0.990. The number of alkyl halides is 1. The van der Waals surface area contributed by atoms with E-state index >= 15 is 0 Å². The topological polar surface area (TPSA) is 181 Å². The molecule has 0 bridgehead atoms. The van der Waals surface area contributed by atoms with Crippen LogP contribution in [0.2, 0.25) is 0 Å². The number of nitrogens with two attached hydrogens (primary N) is 1. The van der Waals surface area contributed by atoms with Crippen molar-refractivity contribution >= 4 is 57.6 Å². The van der Waals surface area contributed by atoms with Gasteiger partial charge in [-0.05, 0) is 6.07 Å². The van der Waals surface area contributed by atoms with Crippen molar-refractivity contribution in [2.75, 3.05) is 24.8 Å². The van der Waals surface area contributed by atoms with E-state index in [-0.39, 0.29) is 28.9 Å². The second-order valence-electron chi connectivity index (χ2n) is 7.79. The lowest BCUT2D eigenvalue weighted by atomic mass is 10.0. The number of anilines is 1. The first kappa shape index (κ1) is 24.6. The largest absolute Gasteiger partial charge is 0.477 e. The lowest BCUT2D eigenvalue weighted by molar-refractivity contribution is -0.662. The number of carboxylic acids is 1. The van der Waals surface area contributed by atoms with Crippen LogP contribution >= 0.6 is 23.3 Å². The molecule has 2 aliphatic rings. The van der Waals surface area contributed by atoms with Gasteiger partial charge in [0.1, 0.15) is 43.1 Å². The van der Waals surface area contributed by atoms with Gasteiger partial charge < -0.3 is 21.0 Å². The highest BCUT2D eigenvalue weighted by atomic mass is 32.2. The van der Waals surface area contributed by atoms with Crippen LogP contribution in [-0.2, 0) is 25.8 Å². The number of carboxylic acid groups (broad SMARTS) is 1. The van der Waals surface area contributed by atoms with E-state index in [2.05, 4.69) is 24.9 Å². The first-order valence-corrected chi connectivity index (χ1v) is 12.6. The van der Waals surface area contributed by atoms with E-state index in [0.29, 0.717) is 11.3 Å². The Balaban J connectivity index is 1.36. The van der Waals surface area contributed by atoms with Crippen molar-refractivity contribution in [1.82, 2.24) is 29.2 Å². The Morgan fingerprint density at radius 2 is 2.27 bits per heavy atom. The average molecular weight is 549 g/mol. The van der Waals surface area contributed by atoms with Gasteiger partial charge in [0, 0.05) is 28.9 Å². The number of thioether (sulfide) groups is 1. The number of fused-ring (bicyclic) bond motifs is 2. The first-order chi connectivity index (χ1) is 17.9. The number of aliphatic carboxylic acids is 1. The fourth-order valence-electron chi connectivity index (χ4n) is 3.95. The average Bonchev–Trinajstić information content (AvgIpc) is 3.50. The molecule has 1 fully saturated rings. The van der Waals surface area contributed by atoms with Gasteiger partial charge in [-0.3, -0.25) is 14.5 Å². The minimum Gasteiger partial charge on any atom is -0.477 e. The molecule has 0 aromatic carbocycles. The maximum Gasteiger partial charge on any atom is 0.352 e. The Hall–Kier alpha value is -4.12. The molecule has 17 heteroatoms. The van der Waals surface area contributed by atoms with Gasteiger partial charge in [0.25, 0.3) is 11.8 Å². The summed E-state index contributed by atoms with van der Waals surface area (Å²) in [5, 5.41) is 19.7. The van der Waals surface area contributed by atoms with E-state index in [4.69, 9.17) is 10.6 Å². The predicted molar refractivity (Wildman–Crippen MR) is 128 cm³/mol. The molecule has 0 spiro atoms. The Kier molecular flexibility index (Phi) is 6.70. The highest BCUT2D eigenvalue weighted by Gasteiger charge is 2.54. The molecule has 0 radical (unpaired) electrons. The van der Waals surface area contributed by atoms with Crippen LogP contribution in [0.15, 0.2) is 47.1 Å². The molecule has 5 rings (SSSR count). The zero-order valence-electron chi connectivity index (χ0n) is 18.9. The minimum atomic E-state index is -1.25. The molecule has 37 heavy (non-hydrogen) atoms. The number of rotatable bonds is 9. The summed E-state index contributed by atoms with van der Waals surface area (Å²) in [4.78, 5) is 48.0. The lowest BCUT2D eigenvalue weighted by Crippen LogP contribution is -2.71. The number of aromatic nitrogens is 5. The molecule has 2 amide bonds. The molecule has 14 nitrogen and oxygen atoms in total. The molecule has 3 aromatic rings. The molecule has 1 saturated heterocycles. The Morgan fingerprint density at radius 3 is 3.00 bits per heavy atom. The Bertz CT molecular complexity index is 1450. The standard InChI is InChI=1S/C20H18FN9O5S2/c21-3-7-35-26-12(15-25-20(22)37-27-15)16(31)24-13-17(32)30-14(19(33)34)10(9-36-18(13)30)8-28-5-6-29-11(28)2-1-4-23-29/h1-2,4-6,13,18H,3,7-9H2,(H3-,22,24,25,27,31,33,34)/p+1/b26-12-/t13-,18-/m1/s1. The molecular weight excluding hydrogens is 529 g/mol. The van der Waals surface area contributed by atoms with Crippen LogP contribution in [0, 0.1) is 0 Å². The van der Waals surface area contributed by atoms with Crippen LogP contribution in [0.5, 0.6) is 0 Å². The fraction of sp³-hybridized carbons (Fsp3) is 0.300. The number of oxime groups is 1. The minimum absolute atomic E-state index is 0.0724. The molecular formula is C20H19FN9O5S2+. The predicted octanol–water partition coefficient (Wildman–Crippen LogP) is -0.815. The third kappa shape index (κ3) is 4.57. The summed E-state index contributed by atoms with van der Waals surface area (Å²) in [6, 6.07) is 2.59. The van der Waals surface area contributed by atoms with Gasteiger partial charge in [-0.1, -0.05) is 10.3 Å². The summed E-state index contributed by atoms with van der Waals surface area (Å²) in [6.07, 6.45) is 5.16. The van der Waals surface area contributed by atoms with Crippen LogP contribution in [-0.4, -0.2) is 82.9 Å². The second kappa shape index (κ2) is 10.1.